The molecule has 2 rings (SSSR count). The fourth-order valence-electron chi connectivity index (χ4n) is 1.28. The second-order valence-electron chi connectivity index (χ2n) is 2.88. The topological polar surface area (TPSA) is 17.8 Å². The zero-order valence-corrected chi connectivity index (χ0v) is 7.46. The van der Waals surface area contributed by atoms with Gasteiger partial charge in [-0.1, -0.05) is 6.07 Å². The first-order valence-corrected chi connectivity index (χ1v) is 4.04. The summed E-state index contributed by atoms with van der Waals surface area (Å²) in [4.78, 5) is 0. The van der Waals surface area contributed by atoms with Gasteiger partial charge in [-0.05, 0) is 18.2 Å². The Kier molecular flexibility index (Phi) is 2.04. The Labute approximate surface area is 79.8 Å². The number of benzene rings is 1. The molecular formula is C10H7F2N2. The number of hydrogen-bond acceptors (Lipinski definition) is 1. The van der Waals surface area contributed by atoms with Crippen molar-refractivity contribution in [1.82, 2.24) is 9.78 Å². The predicted molar refractivity (Wildman–Crippen MR) is 47.4 cm³/mol. The molecule has 0 fully saturated rings. The summed E-state index contributed by atoms with van der Waals surface area (Å²) in [6.45, 7) is 0. The van der Waals surface area contributed by atoms with Crippen LogP contribution in [-0.2, 0) is 7.05 Å². The highest BCUT2D eigenvalue weighted by Gasteiger charge is 2.11. The van der Waals surface area contributed by atoms with Gasteiger partial charge in [0.2, 0.25) is 0 Å². The van der Waals surface area contributed by atoms with Crippen molar-refractivity contribution >= 4 is 0 Å². The van der Waals surface area contributed by atoms with Crippen LogP contribution in [0.3, 0.4) is 0 Å². The predicted octanol–water partition coefficient (Wildman–Crippen LogP) is 2.17. The summed E-state index contributed by atoms with van der Waals surface area (Å²) >= 11 is 0. The summed E-state index contributed by atoms with van der Waals surface area (Å²) in [6.07, 6.45) is 2.57. The molecule has 0 N–H and O–H groups in total. The van der Waals surface area contributed by atoms with Crippen LogP contribution < -0.4 is 0 Å². The molecule has 0 aliphatic heterocycles. The van der Waals surface area contributed by atoms with Crippen molar-refractivity contribution in [3.63, 3.8) is 0 Å². The number of hydrogen-bond donors (Lipinski definition) is 0. The van der Waals surface area contributed by atoms with Crippen LogP contribution in [0.4, 0.5) is 8.78 Å². The van der Waals surface area contributed by atoms with Crippen LogP contribution in [0.5, 0.6) is 0 Å². The summed E-state index contributed by atoms with van der Waals surface area (Å²) in [6, 6.07) is 5.56. The number of aryl methyl sites for hydroxylation is 1. The van der Waals surface area contributed by atoms with E-state index in [1.54, 1.807) is 7.05 Å². The molecule has 1 radical (unpaired) electrons. The van der Waals surface area contributed by atoms with E-state index < -0.39 is 11.6 Å². The molecule has 1 heterocycles. The highest BCUT2D eigenvalue weighted by Crippen LogP contribution is 2.22. The Hall–Kier alpha value is -1.71. The third kappa shape index (κ3) is 1.28. The van der Waals surface area contributed by atoms with Crippen LogP contribution >= 0.6 is 0 Å². The van der Waals surface area contributed by atoms with Crippen LogP contribution in [0.15, 0.2) is 24.3 Å². The molecule has 0 aliphatic carbocycles. The molecule has 1 aromatic heterocycles. The molecule has 0 spiro atoms. The number of halogens is 2. The van der Waals surface area contributed by atoms with Crippen LogP contribution in [0.1, 0.15) is 0 Å². The van der Waals surface area contributed by atoms with Crippen LogP contribution in [0.25, 0.3) is 11.3 Å². The Balaban J connectivity index is 2.63. The van der Waals surface area contributed by atoms with E-state index in [1.807, 2.05) is 0 Å². The van der Waals surface area contributed by atoms with Gasteiger partial charge >= 0.3 is 0 Å². The molecular weight excluding hydrogens is 186 g/mol. The van der Waals surface area contributed by atoms with Crippen molar-refractivity contribution in [2.45, 2.75) is 0 Å². The van der Waals surface area contributed by atoms with Crippen LogP contribution in [0, 0.1) is 17.8 Å². The smallest absolute Gasteiger partial charge is 0.168 e. The minimum atomic E-state index is -0.858. The first-order valence-electron chi connectivity index (χ1n) is 4.04. The zero-order chi connectivity index (χ0) is 10.1. The quantitative estimate of drug-likeness (QED) is 0.678. The molecule has 0 aliphatic rings. The van der Waals surface area contributed by atoms with Gasteiger partial charge in [0.05, 0.1) is 5.69 Å². The molecule has 71 valence electrons. The molecule has 0 bridgehead atoms. The molecule has 0 atom stereocenters. The van der Waals surface area contributed by atoms with Crippen molar-refractivity contribution < 1.29 is 8.78 Å². The molecule has 0 saturated heterocycles. The Bertz CT molecular complexity index is 463. The lowest BCUT2D eigenvalue weighted by molar-refractivity contribution is 0.510. The first-order chi connectivity index (χ1) is 6.70. The lowest BCUT2D eigenvalue weighted by atomic mass is 10.1. The SMILES string of the molecule is Cn1n[c]cc1-c1cccc(F)c1F. The first kappa shape index (κ1) is 8.87. The standard InChI is InChI=1S/C10H7F2N2/c1-14-9(5-6-13-14)7-3-2-4-8(11)10(7)12/h2-5H,1H3. The average Bonchev–Trinajstić information content (AvgIpc) is 2.57. The Morgan fingerprint density at radius 2 is 2.14 bits per heavy atom. The number of nitrogens with zero attached hydrogens (tertiary/aromatic N) is 2. The number of aromatic nitrogens is 2. The van der Waals surface area contributed by atoms with Crippen molar-refractivity contribution in [2.24, 2.45) is 7.05 Å². The van der Waals surface area contributed by atoms with Crippen molar-refractivity contribution in [3.8, 4) is 11.3 Å². The second-order valence-corrected chi connectivity index (χ2v) is 2.88. The molecule has 0 amide bonds. The molecule has 4 heteroatoms. The van der Waals surface area contributed by atoms with Crippen molar-refractivity contribution in [1.29, 1.82) is 0 Å². The normalized spacial score (nSPS) is 10.5. The zero-order valence-electron chi connectivity index (χ0n) is 7.46. The molecule has 2 aromatic rings. The monoisotopic (exact) mass is 193 g/mol. The average molecular weight is 193 g/mol. The van der Waals surface area contributed by atoms with E-state index in [0.717, 1.165) is 6.07 Å². The van der Waals surface area contributed by atoms with Gasteiger partial charge in [-0.15, -0.1) is 0 Å². The minimum Gasteiger partial charge on any atom is -0.267 e. The van der Waals surface area contributed by atoms with Crippen molar-refractivity contribution in [2.75, 3.05) is 0 Å². The lowest BCUT2D eigenvalue weighted by Gasteiger charge is -2.03. The molecule has 0 unspecified atom stereocenters. The number of rotatable bonds is 1. The third-order valence-electron chi connectivity index (χ3n) is 1.99. The summed E-state index contributed by atoms with van der Waals surface area (Å²) in [5.41, 5.74) is 0.697. The maximum absolute atomic E-state index is 13.3. The fourth-order valence-corrected chi connectivity index (χ4v) is 1.28. The van der Waals surface area contributed by atoms with Gasteiger partial charge in [0.1, 0.15) is 6.20 Å². The summed E-state index contributed by atoms with van der Waals surface area (Å²) < 4.78 is 27.6. The summed E-state index contributed by atoms with van der Waals surface area (Å²) in [5.74, 6) is -1.71. The van der Waals surface area contributed by atoms with E-state index >= 15 is 0 Å². The largest absolute Gasteiger partial charge is 0.267 e. The van der Waals surface area contributed by atoms with Gasteiger partial charge < -0.3 is 0 Å². The maximum atomic E-state index is 13.3. The van der Waals surface area contributed by atoms with Gasteiger partial charge in [-0.2, -0.15) is 5.10 Å². The van der Waals surface area contributed by atoms with E-state index in [2.05, 4.69) is 11.3 Å². The van der Waals surface area contributed by atoms with Gasteiger partial charge in [0.25, 0.3) is 0 Å². The van der Waals surface area contributed by atoms with Crippen LogP contribution in [0.2, 0.25) is 0 Å². The van der Waals surface area contributed by atoms with E-state index in [1.165, 1.54) is 22.9 Å². The van der Waals surface area contributed by atoms with Crippen molar-refractivity contribution in [3.05, 3.63) is 42.1 Å². The van der Waals surface area contributed by atoms with Gasteiger partial charge in [0, 0.05) is 12.6 Å². The molecule has 0 saturated carbocycles. The second kappa shape index (κ2) is 3.21. The minimum absolute atomic E-state index is 0.196. The van der Waals surface area contributed by atoms with Gasteiger partial charge in [0.15, 0.2) is 11.6 Å². The highest BCUT2D eigenvalue weighted by atomic mass is 19.2. The highest BCUT2D eigenvalue weighted by molar-refractivity contribution is 5.59. The summed E-state index contributed by atoms with van der Waals surface area (Å²) in [7, 11) is 1.65. The molecule has 2 nitrogen and oxygen atoms in total. The van der Waals surface area contributed by atoms with Gasteiger partial charge in [-0.3, -0.25) is 4.68 Å². The van der Waals surface area contributed by atoms with E-state index in [0.29, 0.717) is 5.69 Å². The van der Waals surface area contributed by atoms with E-state index in [4.69, 9.17) is 0 Å². The lowest BCUT2D eigenvalue weighted by Crippen LogP contribution is -1.96. The Morgan fingerprint density at radius 3 is 2.79 bits per heavy atom. The third-order valence-corrected chi connectivity index (χ3v) is 1.99. The fraction of sp³-hybridized carbons (Fsp3) is 0.100. The van der Waals surface area contributed by atoms with Gasteiger partial charge in [-0.25, -0.2) is 8.78 Å². The molecule has 1 aromatic carbocycles. The maximum Gasteiger partial charge on any atom is 0.168 e. The summed E-state index contributed by atoms with van der Waals surface area (Å²) in [5, 5.41) is 3.77. The molecule has 14 heavy (non-hydrogen) atoms. The van der Waals surface area contributed by atoms with E-state index in [-0.39, 0.29) is 5.56 Å². The van der Waals surface area contributed by atoms with E-state index in [9.17, 15) is 8.78 Å². The van der Waals surface area contributed by atoms with Crippen LogP contribution in [-0.4, -0.2) is 9.78 Å². The Morgan fingerprint density at radius 1 is 1.36 bits per heavy atom.